The molecule has 0 bridgehead atoms. The summed E-state index contributed by atoms with van der Waals surface area (Å²) in [5.74, 6) is 1.15. The van der Waals surface area contributed by atoms with Gasteiger partial charge >= 0.3 is 0 Å². The van der Waals surface area contributed by atoms with E-state index in [9.17, 15) is 4.79 Å². The van der Waals surface area contributed by atoms with E-state index in [1.807, 2.05) is 12.1 Å². The standard InChI is InChI=1S/C15H23NO/c1-11(2)10-16-15(17)9-13-5-7-14(8-6-13)12(3)4/h5-8,11-12H,9-10H2,1-4H3,(H,16,17). The van der Waals surface area contributed by atoms with E-state index in [-0.39, 0.29) is 5.91 Å². The van der Waals surface area contributed by atoms with E-state index in [4.69, 9.17) is 0 Å². The number of benzene rings is 1. The molecular formula is C15H23NO. The highest BCUT2D eigenvalue weighted by Crippen LogP contribution is 2.14. The van der Waals surface area contributed by atoms with Gasteiger partial charge in [-0.25, -0.2) is 0 Å². The van der Waals surface area contributed by atoms with Crippen LogP contribution in [-0.2, 0) is 11.2 Å². The molecule has 0 aliphatic rings. The minimum Gasteiger partial charge on any atom is -0.356 e. The van der Waals surface area contributed by atoms with Gasteiger partial charge in [-0.2, -0.15) is 0 Å². The van der Waals surface area contributed by atoms with Gasteiger partial charge in [-0.1, -0.05) is 52.0 Å². The minimum atomic E-state index is 0.107. The van der Waals surface area contributed by atoms with E-state index in [0.717, 1.165) is 12.1 Å². The second-order valence-corrected chi connectivity index (χ2v) is 5.27. The number of carbonyl (C=O) groups excluding carboxylic acids is 1. The smallest absolute Gasteiger partial charge is 0.224 e. The monoisotopic (exact) mass is 233 g/mol. The molecule has 0 aliphatic carbocycles. The lowest BCUT2D eigenvalue weighted by atomic mass is 10.0. The summed E-state index contributed by atoms with van der Waals surface area (Å²) in [5, 5.41) is 2.93. The molecule has 2 heteroatoms. The van der Waals surface area contributed by atoms with Crippen LogP contribution in [0.1, 0.15) is 44.7 Å². The Hall–Kier alpha value is -1.31. The molecule has 0 aromatic heterocycles. The van der Waals surface area contributed by atoms with Gasteiger partial charge in [0.25, 0.3) is 0 Å². The molecule has 0 saturated carbocycles. The van der Waals surface area contributed by atoms with Crippen molar-refractivity contribution in [1.29, 1.82) is 0 Å². The normalized spacial score (nSPS) is 10.9. The molecule has 0 spiro atoms. The SMILES string of the molecule is CC(C)CNC(=O)Cc1ccc(C(C)C)cc1. The number of amides is 1. The molecular weight excluding hydrogens is 210 g/mol. The first-order chi connectivity index (χ1) is 7.99. The Morgan fingerprint density at radius 3 is 2.18 bits per heavy atom. The van der Waals surface area contributed by atoms with Crippen LogP contribution in [0.15, 0.2) is 24.3 Å². The summed E-state index contributed by atoms with van der Waals surface area (Å²) < 4.78 is 0. The quantitative estimate of drug-likeness (QED) is 0.831. The largest absolute Gasteiger partial charge is 0.356 e. The van der Waals surface area contributed by atoms with Crippen molar-refractivity contribution < 1.29 is 4.79 Å². The van der Waals surface area contributed by atoms with Crippen LogP contribution in [0.5, 0.6) is 0 Å². The zero-order valence-corrected chi connectivity index (χ0v) is 11.3. The van der Waals surface area contributed by atoms with Gasteiger partial charge in [0.1, 0.15) is 0 Å². The molecule has 0 saturated heterocycles. The Morgan fingerprint density at radius 1 is 1.12 bits per heavy atom. The van der Waals surface area contributed by atoms with Gasteiger partial charge in [0.15, 0.2) is 0 Å². The zero-order valence-electron chi connectivity index (χ0n) is 11.3. The Kier molecular flexibility index (Phi) is 5.20. The number of hydrogen-bond donors (Lipinski definition) is 1. The third kappa shape index (κ3) is 5.03. The fourth-order valence-corrected chi connectivity index (χ4v) is 1.59. The van der Waals surface area contributed by atoms with E-state index in [2.05, 4.69) is 45.1 Å². The van der Waals surface area contributed by atoms with Gasteiger partial charge < -0.3 is 5.32 Å². The maximum absolute atomic E-state index is 11.6. The molecule has 94 valence electrons. The molecule has 2 nitrogen and oxygen atoms in total. The van der Waals surface area contributed by atoms with E-state index in [1.165, 1.54) is 5.56 Å². The first kappa shape index (κ1) is 13.8. The maximum atomic E-state index is 11.6. The van der Waals surface area contributed by atoms with Gasteiger partial charge in [-0.15, -0.1) is 0 Å². The minimum absolute atomic E-state index is 0.107. The van der Waals surface area contributed by atoms with Crippen LogP contribution < -0.4 is 5.32 Å². The van der Waals surface area contributed by atoms with Crippen molar-refractivity contribution in [1.82, 2.24) is 5.32 Å². The van der Waals surface area contributed by atoms with Gasteiger partial charge in [-0.05, 0) is 23.0 Å². The number of rotatable bonds is 5. The van der Waals surface area contributed by atoms with E-state index < -0.39 is 0 Å². The number of nitrogens with one attached hydrogen (secondary N) is 1. The summed E-state index contributed by atoms with van der Waals surface area (Å²) in [5.41, 5.74) is 2.40. The molecule has 0 atom stereocenters. The zero-order chi connectivity index (χ0) is 12.8. The van der Waals surface area contributed by atoms with Gasteiger partial charge in [0.05, 0.1) is 6.42 Å². The van der Waals surface area contributed by atoms with Gasteiger partial charge in [-0.3, -0.25) is 4.79 Å². The second-order valence-electron chi connectivity index (χ2n) is 5.27. The summed E-state index contributed by atoms with van der Waals surface area (Å²) >= 11 is 0. The van der Waals surface area contributed by atoms with E-state index in [0.29, 0.717) is 18.3 Å². The van der Waals surface area contributed by atoms with Crippen LogP contribution in [0.25, 0.3) is 0 Å². The van der Waals surface area contributed by atoms with Gasteiger partial charge in [0.2, 0.25) is 5.91 Å². The number of carbonyl (C=O) groups is 1. The molecule has 1 aromatic rings. The van der Waals surface area contributed by atoms with E-state index in [1.54, 1.807) is 0 Å². The predicted molar refractivity (Wildman–Crippen MR) is 72.1 cm³/mol. The molecule has 0 fully saturated rings. The molecule has 1 N–H and O–H groups in total. The lowest BCUT2D eigenvalue weighted by Crippen LogP contribution is -2.28. The molecule has 0 radical (unpaired) electrons. The lowest BCUT2D eigenvalue weighted by molar-refractivity contribution is -0.120. The Bertz CT molecular complexity index is 352. The third-order valence-electron chi connectivity index (χ3n) is 2.72. The molecule has 17 heavy (non-hydrogen) atoms. The highest BCUT2D eigenvalue weighted by molar-refractivity contribution is 5.78. The molecule has 1 amide bonds. The first-order valence-electron chi connectivity index (χ1n) is 6.34. The van der Waals surface area contributed by atoms with Gasteiger partial charge in [0, 0.05) is 6.54 Å². The van der Waals surface area contributed by atoms with Crippen LogP contribution >= 0.6 is 0 Å². The molecule has 0 aliphatic heterocycles. The van der Waals surface area contributed by atoms with Crippen molar-refractivity contribution >= 4 is 5.91 Å². The second kappa shape index (κ2) is 6.43. The average molecular weight is 233 g/mol. The van der Waals surface area contributed by atoms with Crippen molar-refractivity contribution in [3.05, 3.63) is 35.4 Å². The van der Waals surface area contributed by atoms with E-state index >= 15 is 0 Å². The van der Waals surface area contributed by atoms with Crippen LogP contribution in [0, 0.1) is 5.92 Å². The lowest BCUT2D eigenvalue weighted by Gasteiger charge is -2.09. The molecule has 0 heterocycles. The first-order valence-corrected chi connectivity index (χ1v) is 6.34. The summed E-state index contributed by atoms with van der Waals surface area (Å²) in [4.78, 5) is 11.6. The molecule has 1 aromatic carbocycles. The van der Waals surface area contributed by atoms with Crippen molar-refractivity contribution in [2.45, 2.75) is 40.0 Å². The van der Waals surface area contributed by atoms with Crippen LogP contribution in [0.3, 0.4) is 0 Å². The van der Waals surface area contributed by atoms with Crippen LogP contribution in [0.4, 0.5) is 0 Å². The third-order valence-corrected chi connectivity index (χ3v) is 2.72. The van der Waals surface area contributed by atoms with Crippen LogP contribution in [0.2, 0.25) is 0 Å². The van der Waals surface area contributed by atoms with Crippen LogP contribution in [-0.4, -0.2) is 12.5 Å². The topological polar surface area (TPSA) is 29.1 Å². The summed E-state index contributed by atoms with van der Waals surface area (Å²) in [6.45, 7) is 9.28. The summed E-state index contributed by atoms with van der Waals surface area (Å²) in [6.07, 6.45) is 0.477. The Labute approximate surface area is 104 Å². The average Bonchev–Trinajstić information content (AvgIpc) is 2.27. The van der Waals surface area contributed by atoms with Crippen molar-refractivity contribution in [3.63, 3.8) is 0 Å². The number of hydrogen-bond acceptors (Lipinski definition) is 1. The predicted octanol–water partition coefficient (Wildman–Crippen LogP) is 3.12. The van der Waals surface area contributed by atoms with Crippen molar-refractivity contribution in [2.24, 2.45) is 5.92 Å². The van der Waals surface area contributed by atoms with Crippen molar-refractivity contribution in [3.8, 4) is 0 Å². The van der Waals surface area contributed by atoms with Crippen molar-refractivity contribution in [2.75, 3.05) is 6.54 Å². The summed E-state index contributed by atoms with van der Waals surface area (Å²) in [6, 6.07) is 8.31. The molecule has 0 unspecified atom stereocenters. The molecule has 1 rings (SSSR count). The highest BCUT2D eigenvalue weighted by Gasteiger charge is 2.04. The Balaban J connectivity index is 2.48. The highest BCUT2D eigenvalue weighted by atomic mass is 16.1. The Morgan fingerprint density at radius 2 is 1.71 bits per heavy atom. The fraction of sp³-hybridized carbons (Fsp3) is 0.533. The summed E-state index contributed by atoms with van der Waals surface area (Å²) in [7, 11) is 0. The maximum Gasteiger partial charge on any atom is 0.224 e. The fourth-order valence-electron chi connectivity index (χ4n) is 1.59.